The summed E-state index contributed by atoms with van der Waals surface area (Å²) in [6.07, 6.45) is 1.71. The second-order valence-corrected chi connectivity index (χ2v) is 7.16. The van der Waals surface area contributed by atoms with E-state index in [4.69, 9.17) is 21.1 Å². The van der Waals surface area contributed by atoms with E-state index in [2.05, 4.69) is 11.9 Å². The monoisotopic (exact) mass is 430 g/mol. The zero-order chi connectivity index (χ0) is 22.1. The Morgan fingerprint density at radius 3 is 2.33 bits per heavy atom. The molecule has 0 aliphatic heterocycles. The standard InChI is InChI=1S/C23H27ClN2O4/c1-5-12-25-23(28)16(2)26(15-17-6-9-19(24)10-7-17)22(27)14-18-8-11-20(29-3)21(13-18)30-4/h5-11,13,16H,1,12,14-15H2,2-4H3,(H,25,28)/t16-/m0/s1. The van der Waals surface area contributed by atoms with Gasteiger partial charge in [0.1, 0.15) is 6.04 Å². The number of carbonyl (C=O) groups excluding carboxylic acids is 2. The Kier molecular flexibility index (Phi) is 8.74. The first kappa shape index (κ1) is 23.3. The molecule has 0 aliphatic rings. The molecule has 0 saturated carbocycles. The maximum absolute atomic E-state index is 13.2. The fourth-order valence-corrected chi connectivity index (χ4v) is 3.08. The molecule has 160 valence electrons. The first-order chi connectivity index (χ1) is 14.4. The summed E-state index contributed by atoms with van der Waals surface area (Å²) < 4.78 is 10.6. The number of hydrogen-bond donors (Lipinski definition) is 1. The maximum Gasteiger partial charge on any atom is 0.242 e. The van der Waals surface area contributed by atoms with Crippen LogP contribution in [0.4, 0.5) is 0 Å². The Morgan fingerprint density at radius 1 is 1.10 bits per heavy atom. The summed E-state index contributed by atoms with van der Waals surface area (Å²) in [6, 6.07) is 11.9. The van der Waals surface area contributed by atoms with E-state index in [1.54, 1.807) is 56.4 Å². The van der Waals surface area contributed by atoms with Gasteiger partial charge in [0, 0.05) is 18.1 Å². The van der Waals surface area contributed by atoms with Crippen LogP contribution >= 0.6 is 11.6 Å². The maximum atomic E-state index is 13.2. The highest BCUT2D eigenvalue weighted by atomic mass is 35.5. The zero-order valence-electron chi connectivity index (χ0n) is 17.5. The van der Waals surface area contributed by atoms with Crippen molar-refractivity contribution in [3.05, 3.63) is 71.3 Å². The molecule has 0 heterocycles. The zero-order valence-corrected chi connectivity index (χ0v) is 18.2. The minimum Gasteiger partial charge on any atom is -0.493 e. The number of benzene rings is 2. The van der Waals surface area contributed by atoms with Gasteiger partial charge in [-0.15, -0.1) is 6.58 Å². The Hall–Kier alpha value is -2.99. The second kappa shape index (κ2) is 11.3. The fraction of sp³-hybridized carbons (Fsp3) is 0.304. The molecule has 2 amide bonds. The van der Waals surface area contributed by atoms with Gasteiger partial charge in [-0.05, 0) is 42.3 Å². The average molecular weight is 431 g/mol. The van der Waals surface area contributed by atoms with E-state index in [-0.39, 0.29) is 24.8 Å². The quantitative estimate of drug-likeness (QED) is 0.584. The van der Waals surface area contributed by atoms with E-state index in [1.807, 2.05) is 18.2 Å². The van der Waals surface area contributed by atoms with Crippen LogP contribution < -0.4 is 14.8 Å². The predicted octanol–water partition coefficient (Wildman–Crippen LogP) is 3.62. The topological polar surface area (TPSA) is 67.9 Å². The highest BCUT2D eigenvalue weighted by molar-refractivity contribution is 6.30. The number of methoxy groups -OCH3 is 2. The minimum absolute atomic E-state index is 0.118. The van der Waals surface area contributed by atoms with Crippen LogP contribution in [0.25, 0.3) is 0 Å². The average Bonchev–Trinajstić information content (AvgIpc) is 2.76. The lowest BCUT2D eigenvalue weighted by atomic mass is 10.1. The summed E-state index contributed by atoms with van der Waals surface area (Å²) in [5.41, 5.74) is 1.64. The van der Waals surface area contributed by atoms with Crippen molar-refractivity contribution in [1.82, 2.24) is 10.2 Å². The lowest BCUT2D eigenvalue weighted by Gasteiger charge is -2.29. The van der Waals surface area contributed by atoms with Gasteiger partial charge < -0.3 is 19.7 Å². The van der Waals surface area contributed by atoms with Crippen LogP contribution in [0.5, 0.6) is 11.5 Å². The first-order valence-corrected chi connectivity index (χ1v) is 9.90. The molecule has 30 heavy (non-hydrogen) atoms. The molecule has 2 aromatic rings. The predicted molar refractivity (Wildman–Crippen MR) is 118 cm³/mol. The van der Waals surface area contributed by atoms with Crippen molar-refractivity contribution in [2.75, 3.05) is 20.8 Å². The number of carbonyl (C=O) groups is 2. The summed E-state index contributed by atoms with van der Waals surface area (Å²) in [5, 5.41) is 3.36. The SMILES string of the molecule is C=CCNC(=O)[C@H](C)N(Cc1ccc(Cl)cc1)C(=O)Cc1ccc(OC)c(OC)c1. The van der Waals surface area contributed by atoms with Crippen molar-refractivity contribution in [3.63, 3.8) is 0 Å². The summed E-state index contributed by atoms with van der Waals surface area (Å²) in [7, 11) is 3.10. The molecule has 0 fully saturated rings. The number of amides is 2. The van der Waals surface area contributed by atoms with Gasteiger partial charge in [-0.25, -0.2) is 0 Å². The molecule has 2 rings (SSSR count). The Bertz CT molecular complexity index is 883. The molecular weight excluding hydrogens is 404 g/mol. The van der Waals surface area contributed by atoms with Crippen molar-refractivity contribution in [3.8, 4) is 11.5 Å². The second-order valence-electron chi connectivity index (χ2n) is 6.72. The van der Waals surface area contributed by atoms with E-state index >= 15 is 0 Å². The van der Waals surface area contributed by atoms with E-state index in [0.29, 0.717) is 23.1 Å². The highest BCUT2D eigenvalue weighted by Gasteiger charge is 2.26. The van der Waals surface area contributed by atoms with Crippen LogP contribution in [0.2, 0.25) is 5.02 Å². The lowest BCUT2D eigenvalue weighted by molar-refractivity contribution is -0.140. The molecule has 0 bridgehead atoms. The molecule has 0 saturated heterocycles. The van der Waals surface area contributed by atoms with Crippen LogP contribution in [0, 0.1) is 0 Å². The van der Waals surface area contributed by atoms with Gasteiger partial charge in [-0.1, -0.05) is 35.9 Å². The van der Waals surface area contributed by atoms with E-state index in [9.17, 15) is 9.59 Å². The number of hydrogen-bond acceptors (Lipinski definition) is 4. The van der Waals surface area contributed by atoms with Crippen LogP contribution in [0.15, 0.2) is 55.1 Å². The van der Waals surface area contributed by atoms with E-state index in [0.717, 1.165) is 11.1 Å². The molecule has 0 radical (unpaired) electrons. The summed E-state index contributed by atoms with van der Waals surface area (Å²) >= 11 is 5.97. The minimum atomic E-state index is -0.659. The van der Waals surface area contributed by atoms with Crippen LogP contribution in [-0.4, -0.2) is 43.5 Å². The molecular formula is C23H27ClN2O4. The number of halogens is 1. The molecule has 2 aromatic carbocycles. The smallest absolute Gasteiger partial charge is 0.242 e. The molecule has 0 aliphatic carbocycles. The van der Waals surface area contributed by atoms with Crippen LogP contribution in [0.3, 0.4) is 0 Å². The van der Waals surface area contributed by atoms with Crippen molar-refractivity contribution >= 4 is 23.4 Å². The number of nitrogens with zero attached hydrogens (tertiary/aromatic N) is 1. The van der Waals surface area contributed by atoms with Crippen LogP contribution in [-0.2, 0) is 22.6 Å². The summed E-state index contributed by atoms with van der Waals surface area (Å²) in [4.78, 5) is 27.3. The summed E-state index contributed by atoms with van der Waals surface area (Å²) in [6.45, 7) is 5.93. The van der Waals surface area contributed by atoms with E-state index < -0.39 is 6.04 Å². The third-order valence-corrected chi connectivity index (χ3v) is 4.91. The molecule has 0 spiro atoms. The van der Waals surface area contributed by atoms with E-state index in [1.165, 1.54) is 0 Å². The van der Waals surface area contributed by atoms with Gasteiger partial charge in [0.15, 0.2) is 11.5 Å². The van der Waals surface area contributed by atoms with Gasteiger partial charge in [-0.3, -0.25) is 9.59 Å². The Balaban J connectivity index is 2.25. The van der Waals surface area contributed by atoms with Gasteiger partial charge in [0.2, 0.25) is 11.8 Å². The number of nitrogens with one attached hydrogen (secondary N) is 1. The molecule has 6 nitrogen and oxygen atoms in total. The van der Waals surface area contributed by atoms with Gasteiger partial charge in [0.05, 0.1) is 20.6 Å². The van der Waals surface area contributed by atoms with Gasteiger partial charge >= 0.3 is 0 Å². The highest BCUT2D eigenvalue weighted by Crippen LogP contribution is 2.28. The largest absolute Gasteiger partial charge is 0.493 e. The summed E-state index contributed by atoms with van der Waals surface area (Å²) in [5.74, 6) is 0.704. The Morgan fingerprint density at radius 2 is 1.73 bits per heavy atom. The first-order valence-electron chi connectivity index (χ1n) is 9.53. The molecule has 1 N–H and O–H groups in total. The van der Waals surface area contributed by atoms with Crippen molar-refractivity contribution in [2.45, 2.75) is 25.9 Å². The number of ether oxygens (including phenoxy) is 2. The van der Waals surface area contributed by atoms with Crippen LogP contribution in [0.1, 0.15) is 18.1 Å². The Labute approximate surface area is 182 Å². The normalized spacial score (nSPS) is 11.3. The molecule has 0 unspecified atom stereocenters. The van der Waals surface area contributed by atoms with Crippen molar-refractivity contribution in [2.24, 2.45) is 0 Å². The third kappa shape index (κ3) is 6.26. The van der Waals surface area contributed by atoms with Crippen molar-refractivity contribution in [1.29, 1.82) is 0 Å². The lowest BCUT2D eigenvalue weighted by Crippen LogP contribution is -2.48. The van der Waals surface area contributed by atoms with Gasteiger partial charge in [0.25, 0.3) is 0 Å². The molecule has 7 heteroatoms. The molecule has 1 atom stereocenters. The third-order valence-electron chi connectivity index (χ3n) is 4.66. The fourth-order valence-electron chi connectivity index (χ4n) is 2.96. The number of rotatable bonds is 10. The van der Waals surface area contributed by atoms with Gasteiger partial charge in [-0.2, -0.15) is 0 Å². The van der Waals surface area contributed by atoms with Crippen molar-refractivity contribution < 1.29 is 19.1 Å². The molecule has 0 aromatic heterocycles.